The molecule has 1 atom stereocenters. The van der Waals surface area contributed by atoms with Crippen LogP contribution in [0.15, 0.2) is 60.7 Å². The summed E-state index contributed by atoms with van der Waals surface area (Å²) in [6.45, 7) is 2.51. The van der Waals surface area contributed by atoms with Crippen LogP contribution < -0.4 is 10.5 Å². The first-order valence-corrected chi connectivity index (χ1v) is 11.9. The minimum Gasteiger partial charge on any atom is -0.490 e. The number of hydrogen-bond acceptors (Lipinski definition) is 3. The molecule has 2 N–H and O–H groups in total. The maximum Gasteiger partial charge on any atom is 0.232 e. The molecule has 182 valence electrons. The van der Waals surface area contributed by atoms with Gasteiger partial charge in [0.2, 0.25) is 5.91 Å². The van der Waals surface area contributed by atoms with Gasteiger partial charge in [-0.3, -0.25) is 4.79 Å². The third kappa shape index (κ3) is 4.29. The van der Waals surface area contributed by atoms with E-state index < -0.39 is 23.0 Å². The zero-order chi connectivity index (χ0) is 24.6. The molecule has 0 aliphatic carbocycles. The summed E-state index contributed by atoms with van der Waals surface area (Å²) in [5.74, 6) is -1.53. The van der Waals surface area contributed by atoms with Crippen LogP contribution in [-0.4, -0.2) is 37.0 Å². The number of carbonyl (C=O) groups is 1. The van der Waals surface area contributed by atoms with Crippen molar-refractivity contribution in [1.29, 1.82) is 0 Å². The van der Waals surface area contributed by atoms with Crippen LogP contribution in [0.5, 0.6) is 5.75 Å². The van der Waals surface area contributed by atoms with E-state index >= 15 is 0 Å². The van der Waals surface area contributed by atoms with E-state index in [9.17, 15) is 18.0 Å². The molecule has 5 rings (SSSR count). The van der Waals surface area contributed by atoms with Crippen LogP contribution in [0, 0.1) is 23.4 Å². The number of primary amides is 1. The van der Waals surface area contributed by atoms with Crippen LogP contribution in [0.25, 0.3) is 0 Å². The molecular weight excluding hydrogens is 453 g/mol. The summed E-state index contributed by atoms with van der Waals surface area (Å²) in [6, 6.07) is 15.1. The summed E-state index contributed by atoms with van der Waals surface area (Å²) in [5, 5.41) is 0. The van der Waals surface area contributed by atoms with Crippen molar-refractivity contribution in [3.63, 3.8) is 0 Å². The lowest BCUT2D eigenvalue weighted by molar-refractivity contribution is -0.123. The molecule has 2 aliphatic heterocycles. The first-order chi connectivity index (χ1) is 16.9. The Morgan fingerprint density at radius 2 is 1.63 bits per heavy atom. The normalized spacial score (nSPS) is 17.9. The van der Waals surface area contributed by atoms with Crippen molar-refractivity contribution in [2.24, 2.45) is 11.7 Å². The van der Waals surface area contributed by atoms with Crippen LogP contribution in [0.3, 0.4) is 0 Å². The molecule has 35 heavy (non-hydrogen) atoms. The van der Waals surface area contributed by atoms with Crippen molar-refractivity contribution < 1.29 is 22.7 Å². The maximum absolute atomic E-state index is 14.3. The number of fused-ring (bicyclic) bond motifs is 1. The monoisotopic (exact) mass is 480 g/mol. The minimum absolute atomic E-state index is 0.193. The summed E-state index contributed by atoms with van der Waals surface area (Å²) in [4.78, 5) is 15.4. The van der Waals surface area contributed by atoms with Crippen LogP contribution >= 0.6 is 0 Å². The molecule has 1 saturated heterocycles. The maximum atomic E-state index is 14.3. The second-order valence-corrected chi connectivity index (χ2v) is 9.39. The predicted molar refractivity (Wildman–Crippen MR) is 127 cm³/mol. The highest BCUT2D eigenvalue weighted by Gasteiger charge is 2.49. The van der Waals surface area contributed by atoms with Gasteiger partial charge in [-0.2, -0.15) is 0 Å². The Kier molecular flexibility index (Phi) is 6.28. The third-order valence-corrected chi connectivity index (χ3v) is 7.39. The molecule has 3 aromatic carbocycles. The van der Waals surface area contributed by atoms with Gasteiger partial charge in [0.25, 0.3) is 0 Å². The first-order valence-electron chi connectivity index (χ1n) is 11.9. The number of benzene rings is 3. The SMILES string of the molecule is NC(=O)C(c1ccc(F)cc1)(c1ccc(F)cc1)[C@@H]1CCN(CCc2cc(F)c3c(c2)CCO3)C1. The molecule has 1 fully saturated rings. The van der Waals surface area contributed by atoms with Crippen LogP contribution in [0.4, 0.5) is 13.2 Å². The summed E-state index contributed by atoms with van der Waals surface area (Å²) in [7, 11) is 0. The molecule has 0 spiro atoms. The number of carbonyl (C=O) groups excluding carboxylic acids is 1. The van der Waals surface area contributed by atoms with Crippen molar-refractivity contribution >= 4 is 5.91 Å². The molecule has 0 aromatic heterocycles. The number of hydrogen-bond donors (Lipinski definition) is 1. The lowest BCUT2D eigenvalue weighted by Crippen LogP contribution is -2.49. The number of ether oxygens (including phenoxy) is 1. The molecule has 0 bridgehead atoms. The Balaban J connectivity index is 1.41. The van der Waals surface area contributed by atoms with Gasteiger partial charge >= 0.3 is 0 Å². The molecule has 0 saturated carbocycles. The molecule has 1 amide bonds. The molecule has 4 nitrogen and oxygen atoms in total. The van der Waals surface area contributed by atoms with Gasteiger partial charge in [-0.25, -0.2) is 13.2 Å². The zero-order valence-electron chi connectivity index (χ0n) is 19.3. The lowest BCUT2D eigenvalue weighted by atomic mass is 9.64. The van der Waals surface area contributed by atoms with Gasteiger partial charge in [-0.05, 0) is 72.3 Å². The minimum atomic E-state index is -1.23. The van der Waals surface area contributed by atoms with E-state index in [1.807, 2.05) is 6.07 Å². The Morgan fingerprint density at radius 1 is 1.00 bits per heavy atom. The number of nitrogens with zero attached hydrogens (tertiary/aromatic N) is 1. The van der Waals surface area contributed by atoms with Crippen molar-refractivity contribution in [2.75, 3.05) is 26.2 Å². The third-order valence-electron chi connectivity index (χ3n) is 7.39. The van der Waals surface area contributed by atoms with E-state index in [-0.39, 0.29) is 11.7 Å². The molecule has 3 aromatic rings. The topological polar surface area (TPSA) is 55.6 Å². The van der Waals surface area contributed by atoms with Gasteiger partial charge < -0.3 is 15.4 Å². The summed E-state index contributed by atoms with van der Waals surface area (Å²) in [6.07, 6.45) is 2.06. The zero-order valence-corrected chi connectivity index (χ0v) is 19.3. The smallest absolute Gasteiger partial charge is 0.232 e. The van der Waals surface area contributed by atoms with Gasteiger partial charge in [0.05, 0.1) is 6.61 Å². The standard InChI is InChI=1S/C28H27F3N2O2/c29-23-5-1-20(2-6-23)28(27(32)34,21-3-7-24(30)8-4-21)22-10-13-33(17-22)12-9-18-15-19-11-14-35-26(19)25(31)16-18/h1-8,15-16,22H,9-14,17H2,(H2,32,34)/t22-/m1/s1. The van der Waals surface area contributed by atoms with E-state index in [0.29, 0.717) is 55.8 Å². The average molecular weight is 481 g/mol. The van der Waals surface area contributed by atoms with Crippen LogP contribution in [0.1, 0.15) is 28.7 Å². The molecule has 0 radical (unpaired) electrons. The summed E-state index contributed by atoms with van der Waals surface area (Å²) in [5.41, 5.74) is 7.83. The van der Waals surface area contributed by atoms with E-state index in [0.717, 1.165) is 17.7 Å². The fourth-order valence-corrected chi connectivity index (χ4v) is 5.69. The van der Waals surface area contributed by atoms with Gasteiger partial charge in [0.15, 0.2) is 11.6 Å². The second kappa shape index (κ2) is 9.38. The highest BCUT2D eigenvalue weighted by molar-refractivity contribution is 5.91. The lowest BCUT2D eigenvalue weighted by Gasteiger charge is -2.37. The molecule has 0 unspecified atom stereocenters. The van der Waals surface area contributed by atoms with Crippen molar-refractivity contribution in [3.8, 4) is 5.75 Å². The Hall–Kier alpha value is -3.32. The molecule has 7 heteroatoms. The van der Waals surface area contributed by atoms with Crippen molar-refractivity contribution in [1.82, 2.24) is 4.90 Å². The van der Waals surface area contributed by atoms with Gasteiger partial charge in [0.1, 0.15) is 17.0 Å². The van der Waals surface area contributed by atoms with Gasteiger partial charge in [-0.1, -0.05) is 30.3 Å². The second-order valence-electron chi connectivity index (χ2n) is 9.39. The molecule has 2 aliphatic rings. The first kappa shape index (κ1) is 23.4. The number of halogens is 3. The summed E-state index contributed by atoms with van der Waals surface area (Å²) >= 11 is 0. The predicted octanol–water partition coefficient (Wildman–Crippen LogP) is 4.37. The quantitative estimate of drug-likeness (QED) is 0.546. The largest absolute Gasteiger partial charge is 0.490 e. The molecule has 2 heterocycles. The fourth-order valence-electron chi connectivity index (χ4n) is 5.69. The van der Waals surface area contributed by atoms with E-state index in [1.165, 1.54) is 30.3 Å². The summed E-state index contributed by atoms with van der Waals surface area (Å²) < 4.78 is 47.2. The van der Waals surface area contributed by atoms with E-state index in [2.05, 4.69) is 4.90 Å². The van der Waals surface area contributed by atoms with Crippen LogP contribution in [0.2, 0.25) is 0 Å². The van der Waals surface area contributed by atoms with Crippen molar-refractivity contribution in [3.05, 3.63) is 100 Å². The Morgan fingerprint density at radius 3 is 2.23 bits per heavy atom. The number of nitrogens with two attached hydrogens (primary N) is 1. The average Bonchev–Trinajstić information content (AvgIpc) is 3.51. The highest BCUT2D eigenvalue weighted by Crippen LogP contribution is 2.44. The van der Waals surface area contributed by atoms with Crippen molar-refractivity contribution in [2.45, 2.75) is 24.7 Å². The number of likely N-dealkylation sites (tertiary alicyclic amines) is 1. The molecular formula is C28H27F3N2O2. The van der Waals surface area contributed by atoms with Gasteiger partial charge in [0, 0.05) is 25.1 Å². The van der Waals surface area contributed by atoms with Gasteiger partial charge in [-0.15, -0.1) is 0 Å². The Bertz CT molecular complexity index is 1180. The van der Waals surface area contributed by atoms with Crippen LogP contribution in [-0.2, 0) is 23.1 Å². The number of rotatable bonds is 7. The fraction of sp³-hybridized carbons (Fsp3) is 0.321. The van der Waals surface area contributed by atoms with E-state index in [1.54, 1.807) is 24.3 Å². The highest BCUT2D eigenvalue weighted by atomic mass is 19.1. The number of amides is 1. The van der Waals surface area contributed by atoms with E-state index in [4.69, 9.17) is 10.5 Å². The Labute approximate surface area is 202 Å².